The van der Waals surface area contributed by atoms with E-state index in [0.29, 0.717) is 22.6 Å². The van der Waals surface area contributed by atoms with E-state index in [4.69, 9.17) is 19.5 Å². The molecule has 0 amide bonds. The van der Waals surface area contributed by atoms with E-state index in [1.165, 1.54) is 0 Å². The summed E-state index contributed by atoms with van der Waals surface area (Å²) >= 11 is 0. The van der Waals surface area contributed by atoms with Crippen LogP contribution in [0.5, 0.6) is 11.5 Å². The molecule has 0 saturated heterocycles. The van der Waals surface area contributed by atoms with Crippen LogP contribution in [-0.2, 0) is 9.53 Å². The van der Waals surface area contributed by atoms with Gasteiger partial charge < -0.3 is 14.2 Å². The molecule has 0 aromatic heterocycles. The minimum absolute atomic E-state index is 0.0681. The fourth-order valence-corrected chi connectivity index (χ4v) is 2.49. The lowest BCUT2D eigenvalue weighted by Crippen LogP contribution is -2.19. The molecule has 6 nitrogen and oxygen atoms in total. The van der Waals surface area contributed by atoms with Gasteiger partial charge in [0.05, 0.1) is 23.1 Å². The van der Waals surface area contributed by atoms with Crippen LogP contribution < -0.4 is 9.47 Å². The second-order valence-electron chi connectivity index (χ2n) is 6.08. The summed E-state index contributed by atoms with van der Waals surface area (Å²) in [6, 6.07) is 14.8. The maximum atomic E-state index is 12.2. The molecule has 0 N–H and O–H groups in total. The number of hydrogen-bond donors (Lipinski definition) is 0. The monoisotopic (exact) mass is 381 g/mol. The van der Waals surface area contributed by atoms with Crippen LogP contribution in [0.15, 0.2) is 48.5 Å². The van der Waals surface area contributed by atoms with Crippen molar-refractivity contribution in [2.24, 2.45) is 5.92 Å². The van der Waals surface area contributed by atoms with E-state index < -0.39 is 5.97 Å². The molecule has 0 aliphatic carbocycles. The summed E-state index contributed by atoms with van der Waals surface area (Å²) < 4.78 is 16.0. The van der Waals surface area contributed by atoms with Crippen LogP contribution in [-0.4, -0.2) is 25.2 Å². The zero-order chi connectivity index (χ0) is 20.4. The molecule has 2 rings (SSSR count). The van der Waals surface area contributed by atoms with Crippen molar-refractivity contribution in [1.82, 2.24) is 0 Å². The fraction of sp³-hybridized carbons (Fsp3) is 0.318. The summed E-state index contributed by atoms with van der Waals surface area (Å²) in [5.74, 6) is 0.156. The van der Waals surface area contributed by atoms with Gasteiger partial charge in [0.1, 0.15) is 24.7 Å². The smallest absolute Gasteiger partial charge is 0.343 e. The SMILES string of the molecule is CCC(CC)C(=O)OCCOc1ccc(C(=O)Oc2ccc(C#N)cc2)cc1. The summed E-state index contributed by atoms with van der Waals surface area (Å²) in [5, 5.41) is 8.77. The third kappa shape index (κ3) is 6.13. The maximum absolute atomic E-state index is 12.2. The van der Waals surface area contributed by atoms with Crippen molar-refractivity contribution in [3.63, 3.8) is 0 Å². The Hall–Kier alpha value is -3.33. The second-order valence-corrected chi connectivity index (χ2v) is 6.08. The first-order chi connectivity index (χ1) is 13.6. The van der Waals surface area contributed by atoms with Crippen LogP contribution in [0.2, 0.25) is 0 Å². The number of esters is 2. The zero-order valence-electron chi connectivity index (χ0n) is 16.0. The van der Waals surface area contributed by atoms with Gasteiger partial charge in [-0.3, -0.25) is 4.79 Å². The number of carbonyl (C=O) groups is 2. The van der Waals surface area contributed by atoms with E-state index in [1.807, 2.05) is 19.9 Å². The molecule has 0 spiro atoms. The van der Waals surface area contributed by atoms with Crippen molar-refractivity contribution in [3.8, 4) is 17.6 Å². The lowest BCUT2D eigenvalue weighted by Gasteiger charge is -2.12. The van der Waals surface area contributed by atoms with Crippen LogP contribution in [0.1, 0.15) is 42.6 Å². The molecule has 0 radical (unpaired) electrons. The standard InChI is InChI=1S/C22H23NO5/c1-3-17(4-2)21(24)27-14-13-26-19-11-7-18(8-12-19)22(25)28-20-9-5-16(15-23)6-10-20/h5-12,17H,3-4,13-14H2,1-2H3. The van der Waals surface area contributed by atoms with Crippen molar-refractivity contribution in [2.75, 3.05) is 13.2 Å². The number of rotatable bonds is 9. The van der Waals surface area contributed by atoms with Crippen LogP contribution in [0.25, 0.3) is 0 Å². The summed E-state index contributed by atoms with van der Waals surface area (Å²) in [6.45, 7) is 4.33. The van der Waals surface area contributed by atoms with Crippen LogP contribution in [0.4, 0.5) is 0 Å². The molecule has 28 heavy (non-hydrogen) atoms. The molecule has 2 aromatic carbocycles. The second kappa shape index (κ2) is 10.7. The van der Waals surface area contributed by atoms with Gasteiger partial charge in [-0.15, -0.1) is 0 Å². The molecule has 2 aromatic rings. The quantitative estimate of drug-likeness (QED) is 0.369. The predicted molar refractivity (Wildman–Crippen MR) is 103 cm³/mol. The highest BCUT2D eigenvalue weighted by molar-refractivity contribution is 5.91. The van der Waals surface area contributed by atoms with Crippen LogP contribution in [0, 0.1) is 17.2 Å². The summed E-state index contributed by atoms with van der Waals surface area (Å²) in [7, 11) is 0. The lowest BCUT2D eigenvalue weighted by atomic mass is 10.0. The molecular weight excluding hydrogens is 358 g/mol. The topological polar surface area (TPSA) is 85.6 Å². The maximum Gasteiger partial charge on any atom is 0.343 e. The van der Waals surface area contributed by atoms with Gasteiger partial charge in [0.2, 0.25) is 0 Å². The Morgan fingerprint density at radius 3 is 2.11 bits per heavy atom. The van der Waals surface area contributed by atoms with Gasteiger partial charge in [0.25, 0.3) is 0 Å². The average Bonchev–Trinajstić information content (AvgIpc) is 2.73. The number of nitrogens with zero attached hydrogens (tertiary/aromatic N) is 1. The third-order valence-electron chi connectivity index (χ3n) is 4.20. The highest BCUT2D eigenvalue weighted by Gasteiger charge is 2.15. The van der Waals surface area contributed by atoms with E-state index in [1.54, 1.807) is 48.5 Å². The van der Waals surface area contributed by atoms with Crippen LogP contribution >= 0.6 is 0 Å². The third-order valence-corrected chi connectivity index (χ3v) is 4.20. The molecule has 146 valence electrons. The average molecular weight is 381 g/mol. The van der Waals surface area contributed by atoms with Crippen molar-refractivity contribution in [1.29, 1.82) is 5.26 Å². The van der Waals surface area contributed by atoms with Crippen molar-refractivity contribution >= 4 is 11.9 Å². The Morgan fingerprint density at radius 1 is 0.929 bits per heavy atom. The van der Waals surface area contributed by atoms with E-state index in [-0.39, 0.29) is 25.1 Å². The van der Waals surface area contributed by atoms with Gasteiger partial charge >= 0.3 is 11.9 Å². The lowest BCUT2D eigenvalue weighted by molar-refractivity contribution is -0.149. The minimum atomic E-state index is -0.504. The highest BCUT2D eigenvalue weighted by Crippen LogP contribution is 2.17. The van der Waals surface area contributed by atoms with Crippen LogP contribution in [0.3, 0.4) is 0 Å². The van der Waals surface area contributed by atoms with Gasteiger partial charge in [-0.2, -0.15) is 5.26 Å². The molecular formula is C22H23NO5. The van der Waals surface area contributed by atoms with Crippen molar-refractivity contribution < 1.29 is 23.8 Å². The zero-order valence-corrected chi connectivity index (χ0v) is 16.0. The first-order valence-electron chi connectivity index (χ1n) is 9.19. The van der Waals surface area contributed by atoms with Crippen molar-refractivity contribution in [2.45, 2.75) is 26.7 Å². The Kier molecular flexibility index (Phi) is 8.04. The van der Waals surface area contributed by atoms with E-state index in [9.17, 15) is 9.59 Å². The van der Waals surface area contributed by atoms with E-state index in [2.05, 4.69) is 0 Å². The normalized spacial score (nSPS) is 10.2. The molecule has 0 aliphatic rings. The molecule has 0 unspecified atom stereocenters. The van der Waals surface area contributed by atoms with Gasteiger partial charge in [0.15, 0.2) is 0 Å². The molecule has 0 aliphatic heterocycles. The largest absolute Gasteiger partial charge is 0.490 e. The first-order valence-corrected chi connectivity index (χ1v) is 9.19. The number of ether oxygens (including phenoxy) is 3. The molecule has 0 heterocycles. The molecule has 6 heteroatoms. The Bertz CT molecular complexity index is 818. The molecule has 0 bridgehead atoms. The number of carbonyl (C=O) groups excluding carboxylic acids is 2. The van der Waals surface area contributed by atoms with E-state index in [0.717, 1.165) is 12.8 Å². The van der Waals surface area contributed by atoms with E-state index >= 15 is 0 Å². The Morgan fingerprint density at radius 2 is 1.54 bits per heavy atom. The van der Waals surface area contributed by atoms with Crippen molar-refractivity contribution in [3.05, 3.63) is 59.7 Å². The van der Waals surface area contributed by atoms with Gasteiger partial charge in [0, 0.05) is 0 Å². The summed E-state index contributed by atoms with van der Waals surface area (Å²) in [6.07, 6.45) is 1.52. The highest BCUT2D eigenvalue weighted by atomic mass is 16.6. The Balaban J connectivity index is 1.79. The van der Waals surface area contributed by atoms with Gasteiger partial charge in [-0.1, -0.05) is 13.8 Å². The molecule has 0 saturated carbocycles. The summed E-state index contributed by atoms with van der Waals surface area (Å²) in [4.78, 5) is 23.9. The molecule has 0 atom stereocenters. The Labute approximate surface area is 164 Å². The number of benzene rings is 2. The van der Waals surface area contributed by atoms with Gasteiger partial charge in [-0.05, 0) is 61.4 Å². The number of nitriles is 1. The summed E-state index contributed by atoms with van der Waals surface area (Å²) in [5.41, 5.74) is 0.865. The first kappa shape index (κ1) is 21.0. The number of hydrogen-bond acceptors (Lipinski definition) is 6. The minimum Gasteiger partial charge on any atom is -0.490 e. The molecule has 0 fully saturated rings. The van der Waals surface area contributed by atoms with Gasteiger partial charge in [-0.25, -0.2) is 4.79 Å². The fourth-order valence-electron chi connectivity index (χ4n) is 2.49. The predicted octanol–water partition coefficient (Wildman–Crippen LogP) is 4.14.